The van der Waals surface area contributed by atoms with Crippen molar-refractivity contribution in [1.29, 1.82) is 0 Å². The molecule has 2 aromatic heterocycles. The number of halogens is 1. The first kappa shape index (κ1) is 11.3. The number of pyridine rings is 1. The Labute approximate surface area is 100 Å². The van der Waals surface area contributed by atoms with Crippen molar-refractivity contribution in [3.63, 3.8) is 0 Å². The molecule has 0 aliphatic carbocycles. The molecule has 4 heteroatoms. The average Bonchev–Trinajstić information content (AvgIpc) is 2.43. The summed E-state index contributed by atoms with van der Waals surface area (Å²) >= 11 is 6.02. The summed E-state index contributed by atoms with van der Waals surface area (Å²) in [6, 6.07) is 1.90. The Kier molecular flexibility index (Phi) is 2.39. The van der Waals surface area contributed by atoms with Gasteiger partial charge < -0.3 is 5.73 Å². The van der Waals surface area contributed by atoms with E-state index in [9.17, 15) is 0 Å². The fourth-order valence-corrected chi connectivity index (χ4v) is 2.10. The molecule has 2 heterocycles. The van der Waals surface area contributed by atoms with Crippen molar-refractivity contribution < 1.29 is 0 Å². The Morgan fingerprint density at radius 1 is 1.38 bits per heavy atom. The minimum Gasteiger partial charge on any atom is -0.383 e. The molecule has 2 N–H and O–H groups in total. The normalized spacial score (nSPS) is 12.3. The third kappa shape index (κ3) is 1.65. The summed E-state index contributed by atoms with van der Waals surface area (Å²) in [5.41, 5.74) is 8.88. The summed E-state index contributed by atoms with van der Waals surface area (Å²) in [4.78, 5) is 4.60. The lowest BCUT2D eigenvalue weighted by Gasteiger charge is -2.15. The van der Waals surface area contributed by atoms with E-state index in [0.29, 0.717) is 10.8 Å². The number of aromatic nitrogens is 2. The predicted molar refractivity (Wildman–Crippen MR) is 68.1 cm³/mol. The van der Waals surface area contributed by atoms with Crippen LogP contribution >= 0.6 is 11.6 Å². The van der Waals surface area contributed by atoms with E-state index >= 15 is 0 Å². The molecule has 2 aromatic rings. The number of fused-ring (bicyclic) bond motifs is 1. The van der Waals surface area contributed by atoms with Crippen molar-refractivity contribution >= 4 is 23.1 Å². The van der Waals surface area contributed by atoms with Crippen LogP contribution in [0.25, 0.3) is 5.65 Å². The molecule has 0 aliphatic rings. The summed E-state index contributed by atoms with van der Waals surface area (Å²) in [6.07, 6.45) is 1.81. The predicted octanol–water partition coefficient (Wildman–Crippen LogP) is 3.18. The quantitative estimate of drug-likeness (QED) is 0.765. The van der Waals surface area contributed by atoms with Crippen LogP contribution in [0.3, 0.4) is 0 Å². The summed E-state index contributed by atoms with van der Waals surface area (Å²) in [5, 5.41) is 0.676. The second kappa shape index (κ2) is 3.39. The van der Waals surface area contributed by atoms with Gasteiger partial charge >= 0.3 is 0 Å². The van der Waals surface area contributed by atoms with Crippen LogP contribution in [0.2, 0.25) is 5.02 Å². The van der Waals surface area contributed by atoms with E-state index in [2.05, 4.69) is 25.8 Å². The Bertz CT molecular complexity index is 549. The third-order valence-corrected chi connectivity index (χ3v) is 2.82. The van der Waals surface area contributed by atoms with Crippen molar-refractivity contribution in [2.75, 3.05) is 5.73 Å². The van der Waals surface area contributed by atoms with E-state index in [1.807, 2.05) is 23.6 Å². The summed E-state index contributed by atoms with van der Waals surface area (Å²) in [7, 11) is 0. The largest absolute Gasteiger partial charge is 0.383 e. The highest BCUT2D eigenvalue weighted by molar-refractivity contribution is 6.30. The van der Waals surface area contributed by atoms with E-state index < -0.39 is 0 Å². The number of nitrogens with zero attached hydrogens (tertiary/aromatic N) is 2. The number of anilines is 1. The first-order valence-corrected chi connectivity index (χ1v) is 5.62. The van der Waals surface area contributed by atoms with Gasteiger partial charge in [-0.3, -0.25) is 4.40 Å². The molecule has 0 bridgehead atoms. The molecule has 16 heavy (non-hydrogen) atoms. The van der Waals surface area contributed by atoms with Crippen LogP contribution in [-0.2, 0) is 5.41 Å². The van der Waals surface area contributed by atoms with Crippen LogP contribution in [0.5, 0.6) is 0 Å². The number of hydrogen-bond acceptors (Lipinski definition) is 2. The molecule has 86 valence electrons. The number of imidazole rings is 1. The maximum absolute atomic E-state index is 6.10. The van der Waals surface area contributed by atoms with Crippen molar-refractivity contribution in [1.82, 2.24) is 9.38 Å². The molecule has 0 radical (unpaired) electrons. The summed E-state index contributed by atoms with van der Waals surface area (Å²) in [6.45, 7) is 8.28. The van der Waals surface area contributed by atoms with Gasteiger partial charge in [-0.25, -0.2) is 4.98 Å². The number of nitrogen functional groups attached to an aromatic ring is 1. The maximum Gasteiger partial charge on any atom is 0.141 e. The van der Waals surface area contributed by atoms with Crippen molar-refractivity contribution in [2.45, 2.75) is 33.1 Å². The van der Waals surface area contributed by atoms with Gasteiger partial charge in [0.25, 0.3) is 0 Å². The fourth-order valence-electron chi connectivity index (χ4n) is 1.84. The van der Waals surface area contributed by atoms with Crippen molar-refractivity contribution in [3.05, 3.63) is 28.5 Å². The number of rotatable bonds is 0. The van der Waals surface area contributed by atoms with Gasteiger partial charge in [-0.1, -0.05) is 32.4 Å². The molecular weight excluding hydrogens is 222 g/mol. The van der Waals surface area contributed by atoms with E-state index in [0.717, 1.165) is 16.9 Å². The molecule has 0 saturated heterocycles. The fraction of sp³-hybridized carbons (Fsp3) is 0.417. The third-order valence-electron chi connectivity index (χ3n) is 2.62. The number of nitrogens with two attached hydrogens (primary N) is 1. The van der Waals surface area contributed by atoms with Crippen molar-refractivity contribution in [2.24, 2.45) is 0 Å². The van der Waals surface area contributed by atoms with Crippen LogP contribution < -0.4 is 5.73 Å². The van der Waals surface area contributed by atoms with Crippen LogP contribution in [0.4, 0.5) is 5.82 Å². The van der Waals surface area contributed by atoms with Crippen molar-refractivity contribution in [3.8, 4) is 0 Å². The second-order valence-corrected chi connectivity index (χ2v) is 5.57. The maximum atomic E-state index is 6.10. The molecule has 3 nitrogen and oxygen atoms in total. The minimum atomic E-state index is -0.0605. The molecule has 0 atom stereocenters. The van der Waals surface area contributed by atoms with Gasteiger partial charge in [-0.2, -0.15) is 0 Å². The van der Waals surface area contributed by atoms with E-state index in [1.165, 1.54) is 0 Å². The standard InChI is InChI=1S/C12H16ClN3/c1-7-5-8(13)6-16-10(14)9(12(2,3)4)15-11(7)16/h5-6H,14H2,1-4H3. The first-order valence-electron chi connectivity index (χ1n) is 5.25. The second-order valence-electron chi connectivity index (χ2n) is 5.13. The lowest BCUT2D eigenvalue weighted by Crippen LogP contribution is -2.14. The molecule has 2 rings (SSSR count). The molecular formula is C12H16ClN3. The Morgan fingerprint density at radius 3 is 2.56 bits per heavy atom. The SMILES string of the molecule is Cc1cc(Cl)cn2c(N)c(C(C)(C)C)nc12. The van der Waals surface area contributed by atoms with Gasteiger partial charge in [0, 0.05) is 11.6 Å². The zero-order chi connectivity index (χ0) is 12.1. The average molecular weight is 238 g/mol. The summed E-state index contributed by atoms with van der Waals surface area (Å²) in [5.74, 6) is 0.674. The Balaban J connectivity index is 2.83. The van der Waals surface area contributed by atoms with Crippen LogP contribution in [0, 0.1) is 6.92 Å². The zero-order valence-electron chi connectivity index (χ0n) is 10.0. The van der Waals surface area contributed by atoms with Gasteiger partial charge in [0.2, 0.25) is 0 Å². The van der Waals surface area contributed by atoms with Crippen LogP contribution in [-0.4, -0.2) is 9.38 Å². The Hall–Kier alpha value is -1.22. The monoisotopic (exact) mass is 237 g/mol. The van der Waals surface area contributed by atoms with Gasteiger partial charge in [0.1, 0.15) is 11.5 Å². The molecule has 0 amide bonds. The lowest BCUT2D eigenvalue weighted by molar-refractivity contribution is 0.575. The van der Waals surface area contributed by atoms with Gasteiger partial charge in [-0.15, -0.1) is 0 Å². The highest BCUT2D eigenvalue weighted by Crippen LogP contribution is 2.29. The minimum absolute atomic E-state index is 0.0605. The molecule has 0 unspecified atom stereocenters. The first-order chi connectivity index (χ1) is 7.30. The Morgan fingerprint density at radius 2 is 2.00 bits per heavy atom. The molecule has 0 aliphatic heterocycles. The number of aryl methyl sites for hydroxylation is 1. The lowest BCUT2D eigenvalue weighted by atomic mass is 9.92. The highest BCUT2D eigenvalue weighted by atomic mass is 35.5. The van der Waals surface area contributed by atoms with E-state index in [4.69, 9.17) is 17.3 Å². The topological polar surface area (TPSA) is 43.3 Å². The zero-order valence-corrected chi connectivity index (χ0v) is 10.8. The van der Waals surface area contributed by atoms with Gasteiger partial charge in [0.05, 0.1) is 10.7 Å². The molecule has 0 aromatic carbocycles. The highest BCUT2D eigenvalue weighted by Gasteiger charge is 2.22. The van der Waals surface area contributed by atoms with Crippen LogP contribution in [0.1, 0.15) is 32.0 Å². The molecule has 0 spiro atoms. The van der Waals surface area contributed by atoms with Crippen LogP contribution in [0.15, 0.2) is 12.3 Å². The number of hydrogen-bond donors (Lipinski definition) is 1. The molecule has 0 fully saturated rings. The van der Waals surface area contributed by atoms with Gasteiger partial charge in [0.15, 0.2) is 0 Å². The van der Waals surface area contributed by atoms with E-state index in [1.54, 1.807) is 0 Å². The smallest absolute Gasteiger partial charge is 0.141 e. The summed E-state index contributed by atoms with van der Waals surface area (Å²) < 4.78 is 1.86. The van der Waals surface area contributed by atoms with Gasteiger partial charge in [-0.05, 0) is 18.6 Å². The molecule has 0 saturated carbocycles. The van der Waals surface area contributed by atoms with E-state index in [-0.39, 0.29) is 5.41 Å².